The van der Waals surface area contributed by atoms with E-state index in [9.17, 15) is 0 Å². The Bertz CT molecular complexity index is 551. The first-order chi connectivity index (χ1) is 9.81. The number of terminal acetylenes is 1. The van der Waals surface area contributed by atoms with Crippen molar-refractivity contribution in [2.75, 3.05) is 6.54 Å². The Balaban J connectivity index is 1.87. The van der Waals surface area contributed by atoms with Crippen LogP contribution in [0.5, 0.6) is 0 Å². The second kappa shape index (κ2) is 7.52. The van der Waals surface area contributed by atoms with Crippen molar-refractivity contribution in [1.29, 1.82) is 0 Å². The lowest BCUT2D eigenvalue weighted by atomic mass is 10.2. The van der Waals surface area contributed by atoms with Crippen LogP contribution in [0.2, 0.25) is 0 Å². The van der Waals surface area contributed by atoms with Crippen molar-refractivity contribution in [3.8, 4) is 18.0 Å². The van der Waals surface area contributed by atoms with Gasteiger partial charge in [-0.15, -0.1) is 12.3 Å². The molecular formula is C17H21N3. The molecule has 2 aromatic rings. The van der Waals surface area contributed by atoms with Gasteiger partial charge in [-0.3, -0.25) is 0 Å². The molecule has 1 aromatic carbocycles. The molecule has 1 N–H and O–H groups in total. The lowest BCUT2D eigenvalue weighted by Crippen LogP contribution is -2.19. The monoisotopic (exact) mass is 267 g/mol. The van der Waals surface area contributed by atoms with E-state index in [1.807, 2.05) is 29.1 Å². The van der Waals surface area contributed by atoms with Gasteiger partial charge in [0, 0.05) is 24.2 Å². The van der Waals surface area contributed by atoms with E-state index in [1.165, 1.54) is 5.56 Å². The largest absolute Gasteiger partial charge is 0.310 e. The molecule has 0 saturated heterocycles. The van der Waals surface area contributed by atoms with Crippen molar-refractivity contribution in [2.24, 2.45) is 0 Å². The van der Waals surface area contributed by atoms with Crippen LogP contribution in [0, 0.1) is 12.3 Å². The standard InChI is InChI=1S/C17H21N3/c1-3-4-5-9-12-18-15(2)16-13-19-20(14-16)17-10-7-6-8-11-17/h1,6-8,10-11,13-15,18H,4-5,9,12H2,2H3. The van der Waals surface area contributed by atoms with Crippen molar-refractivity contribution in [3.05, 3.63) is 48.3 Å². The Kier molecular flexibility index (Phi) is 5.40. The fourth-order valence-corrected chi connectivity index (χ4v) is 2.07. The third-order valence-corrected chi connectivity index (χ3v) is 3.32. The SMILES string of the molecule is C#CCCCCNC(C)c1cnn(-c2ccccc2)c1. The molecule has 0 aliphatic carbocycles. The number of hydrogen-bond acceptors (Lipinski definition) is 2. The minimum absolute atomic E-state index is 0.304. The maximum absolute atomic E-state index is 5.24. The average Bonchev–Trinajstić information content (AvgIpc) is 2.98. The Morgan fingerprint density at radius 2 is 2.10 bits per heavy atom. The molecule has 3 nitrogen and oxygen atoms in total. The summed E-state index contributed by atoms with van der Waals surface area (Å²) < 4.78 is 1.91. The summed E-state index contributed by atoms with van der Waals surface area (Å²) in [6.07, 6.45) is 12.3. The van der Waals surface area contributed by atoms with Gasteiger partial charge in [0.2, 0.25) is 0 Å². The van der Waals surface area contributed by atoms with Gasteiger partial charge in [0.05, 0.1) is 11.9 Å². The topological polar surface area (TPSA) is 29.9 Å². The van der Waals surface area contributed by atoms with Gasteiger partial charge in [-0.05, 0) is 38.4 Å². The molecule has 0 aliphatic rings. The van der Waals surface area contributed by atoms with Crippen LogP contribution < -0.4 is 5.32 Å². The Labute approximate surface area is 121 Å². The molecule has 0 radical (unpaired) electrons. The molecule has 0 bridgehead atoms. The van der Waals surface area contributed by atoms with Crippen molar-refractivity contribution in [2.45, 2.75) is 32.2 Å². The van der Waals surface area contributed by atoms with E-state index in [0.717, 1.165) is 31.5 Å². The van der Waals surface area contributed by atoms with Gasteiger partial charge in [-0.1, -0.05) is 18.2 Å². The third-order valence-electron chi connectivity index (χ3n) is 3.32. The molecule has 0 spiro atoms. The first-order valence-corrected chi connectivity index (χ1v) is 7.08. The maximum Gasteiger partial charge on any atom is 0.0645 e. The first kappa shape index (κ1) is 14.4. The highest BCUT2D eigenvalue weighted by atomic mass is 15.3. The number of aromatic nitrogens is 2. The lowest BCUT2D eigenvalue weighted by Gasteiger charge is -2.11. The maximum atomic E-state index is 5.24. The van der Waals surface area contributed by atoms with Crippen LogP contribution >= 0.6 is 0 Å². The summed E-state index contributed by atoms with van der Waals surface area (Å²) in [5.74, 6) is 2.67. The summed E-state index contributed by atoms with van der Waals surface area (Å²) in [6.45, 7) is 3.15. The second-order valence-corrected chi connectivity index (χ2v) is 4.89. The quantitative estimate of drug-likeness (QED) is 0.616. The normalized spacial score (nSPS) is 12.0. The highest BCUT2D eigenvalue weighted by Crippen LogP contribution is 2.14. The molecule has 1 unspecified atom stereocenters. The number of benzene rings is 1. The Morgan fingerprint density at radius 3 is 2.85 bits per heavy atom. The number of nitrogens with zero attached hydrogens (tertiary/aromatic N) is 2. The fourth-order valence-electron chi connectivity index (χ4n) is 2.07. The van der Waals surface area contributed by atoms with Crippen molar-refractivity contribution in [1.82, 2.24) is 15.1 Å². The lowest BCUT2D eigenvalue weighted by molar-refractivity contribution is 0.549. The molecular weight excluding hydrogens is 246 g/mol. The van der Waals surface area contributed by atoms with E-state index in [1.54, 1.807) is 0 Å². The van der Waals surface area contributed by atoms with Crippen molar-refractivity contribution < 1.29 is 0 Å². The van der Waals surface area contributed by atoms with Crippen LogP contribution in [-0.2, 0) is 0 Å². The average molecular weight is 267 g/mol. The van der Waals surface area contributed by atoms with Crippen LogP contribution in [0.15, 0.2) is 42.7 Å². The van der Waals surface area contributed by atoms with Crippen LogP contribution in [-0.4, -0.2) is 16.3 Å². The molecule has 2 rings (SSSR count). The molecule has 1 heterocycles. The Hall–Kier alpha value is -2.05. The highest BCUT2D eigenvalue weighted by Gasteiger charge is 2.07. The molecule has 20 heavy (non-hydrogen) atoms. The molecule has 0 aliphatic heterocycles. The molecule has 0 amide bonds. The van der Waals surface area contributed by atoms with E-state index in [0.29, 0.717) is 6.04 Å². The fraction of sp³-hybridized carbons (Fsp3) is 0.353. The number of rotatable bonds is 7. The van der Waals surface area contributed by atoms with Crippen LogP contribution in [0.25, 0.3) is 5.69 Å². The van der Waals surface area contributed by atoms with Gasteiger partial charge in [0.1, 0.15) is 0 Å². The zero-order valence-electron chi connectivity index (χ0n) is 11.9. The molecule has 104 valence electrons. The first-order valence-electron chi connectivity index (χ1n) is 7.08. The minimum Gasteiger partial charge on any atom is -0.310 e. The molecule has 1 aromatic heterocycles. The highest BCUT2D eigenvalue weighted by molar-refractivity contribution is 5.31. The second-order valence-electron chi connectivity index (χ2n) is 4.89. The number of nitrogens with one attached hydrogen (secondary N) is 1. The summed E-state index contributed by atoms with van der Waals surface area (Å²) in [5.41, 5.74) is 2.28. The number of unbranched alkanes of at least 4 members (excludes halogenated alkanes) is 2. The van der Waals surface area contributed by atoms with Crippen LogP contribution in [0.1, 0.15) is 37.8 Å². The molecule has 1 atom stereocenters. The van der Waals surface area contributed by atoms with E-state index < -0.39 is 0 Å². The van der Waals surface area contributed by atoms with Gasteiger partial charge in [0.25, 0.3) is 0 Å². The van der Waals surface area contributed by atoms with Gasteiger partial charge in [-0.2, -0.15) is 5.10 Å². The van der Waals surface area contributed by atoms with Gasteiger partial charge in [-0.25, -0.2) is 4.68 Å². The molecule has 0 fully saturated rings. The summed E-state index contributed by atoms with van der Waals surface area (Å²) in [7, 11) is 0. The van der Waals surface area contributed by atoms with Gasteiger partial charge >= 0.3 is 0 Å². The Morgan fingerprint density at radius 1 is 1.30 bits per heavy atom. The van der Waals surface area contributed by atoms with Crippen LogP contribution in [0.3, 0.4) is 0 Å². The van der Waals surface area contributed by atoms with E-state index >= 15 is 0 Å². The summed E-state index contributed by atoms with van der Waals surface area (Å²) >= 11 is 0. The van der Waals surface area contributed by atoms with Gasteiger partial charge < -0.3 is 5.32 Å². The summed E-state index contributed by atoms with van der Waals surface area (Å²) in [6, 6.07) is 10.4. The smallest absolute Gasteiger partial charge is 0.0645 e. The molecule has 3 heteroatoms. The van der Waals surface area contributed by atoms with Crippen LogP contribution in [0.4, 0.5) is 0 Å². The summed E-state index contributed by atoms with van der Waals surface area (Å²) in [4.78, 5) is 0. The third kappa shape index (κ3) is 3.97. The predicted molar refractivity (Wildman–Crippen MR) is 82.7 cm³/mol. The number of hydrogen-bond donors (Lipinski definition) is 1. The van der Waals surface area contributed by atoms with E-state index in [-0.39, 0.29) is 0 Å². The van der Waals surface area contributed by atoms with Crippen molar-refractivity contribution in [3.63, 3.8) is 0 Å². The predicted octanol–water partition coefficient (Wildman–Crippen LogP) is 3.33. The number of para-hydroxylation sites is 1. The van der Waals surface area contributed by atoms with Gasteiger partial charge in [0.15, 0.2) is 0 Å². The van der Waals surface area contributed by atoms with Crippen molar-refractivity contribution >= 4 is 0 Å². The zero-order chi connectivity index (χ0) is 14.2. The molecule has 0 saturated carbocycles. The van der Waals surface area contributed by atoms with E-state index in [2.05, 4.69) is 41.6 Å². The van der Waals surface area contributed by atoms with E-state index in [4.69, 9.17) is 6.42 Å². The summed E-state index contributed by atoms with van der Waals surface area (Å²) in [5, 5.41) is 7.92. The minimum atomic E-state index is 0.304. The zero-order valence-corrected chi connectivity index (χ0v) is 11.9.